The highest BCUT2D eigenvalue weighted by atomic mass is 32.2. The van der Waals surface area contributed by atoms with Crippen molar-refractivity contribution in [3.63, 3.8) is 0 Å². The average Bonchev–Trinajstić information content (AvgIpc) is 2.48. The molecule has 0 saturated heterocycles. The highest BCUT2D eigenvalue weighted by Gasteiger charge is 2.16. The molecule has 0 atom stereocenters. The number of nitrogens with zero attached hydrogens (tertiary/aromatic N) is 2. The van der Waals surface area contributed by atoms with Crippen molar-refractivity contribution < 1.29 is 8.42 Å². The molecule has 0 unspecified atom stereocenters. The molecule has 0 saturated carbocycles. The van der Waals surface area contributed by atoms with Gasteiger partial charge < -0.3 is 10.7 Å². The maximum Gasteiger partial charge on any atom is 0.265 e. The molecule has 0 aliphatic rings. The van der Waals surface area contributed by atoms with Crippen LogP contribution in [0.2, 0.25) is 0 Å². The molecule has 0 aliphatic carbocycles. The van der Waals surface area contributed by atoms with Gasteiger partial charge in [-0.25, -0.2) is 18.4 Å². The largest absolute Gasteiger partial charge is 0.368 e. The average molecular weight is 317 g/mol. The van der Waals surface area contributed by atoms with Gasteiger partial charge in [-0.05, 0) is 12.1 Å². The molecule has 2 heterocycles. The summed E-state index contributed by atoms with van der Waals surface area (Å²) in [6, 6.07) is 7.97. The van der Waals surface area contributed by atoms with Gasteiger partial charge in [-0.1, -0.05) is 12.1 Å². The van der Waals surface area contributed by atoms with Gasteiger partial charge >= 0.3 is 0 Å². The Morgan fingerprint density at radius 3 is 2.55 bits per heavy atom. The Labute approximate surface area is 125 Å². The number of nitrogens with one attached hydrogen (secondary N) is 2. The number of fused-ring (bicyclic) bond motifs is 1. The summed E-state index contributed by atoms with van der Waals surface area (Å²) < 4.78 is 27.0. The number of benzene rings is 1. The molecule has 2 aromatic heterocycles. The maximum atomic E-state index is 12.3. The number of aromatic amines is 1. The van der Waals surface area contributed by atoms with E-state index in [4.69, 9.17) is 5.73 Å². The van der Waals surface area contributed by atoms with Crippen LogP contribution in [0.5, 0.6) is 0 Å². The number of hydrogen-bond acceptors (Lipinski definition) is 6. The molecule has 112 valence electrons. The number of nitrogen functional groups attached to an aromatic ring is 1. The SMILES string of the molecule is Nc1ncc(S(=O)(=O)Nc2cccc3ccc(=O)[nH]c23)cn1. The second-order valence-corrected chi connectivity index (χ2v) is 6.16. The lowest BCUT2D eigenvalue weighted by atomic mass is 10.2. The predicted molar refractivity (Wildman–Crippen MR) is 81.8 cm³/mol. The fourth-order valence-corrected chi connectivity index (χ4v) is 2.89. The normalized spacial score (nSPS) is 11.5. The van der Waals surface area contributed by atoms with Gasteiger partial charge in [-0.15, -0.1) is 0 Å². The summed E-state index contributed by atoms with van der Waals surface area (Å²) in [6.07, 6.45) is 2.22. The van der Waals surface area contributed by atoms with E-state index >= 15 is 0 Å². The first-order chi connectivity index (χ1) is 10.5. The highest BCUT2D eigenvalue weighted by molar-refractivity contribution is 7.92. The Hall–Kier alpha value is -2.94. The summed E-state index contributed by atoms with van der Waals surface area (Å²) in [5.41, 5.74) is 5.67. The van der Waals surface area contributed by atoms with E-state index in [1.807, 2.05) is 0 Å². The van der Waals surface area contributed by atoms with Gasteiger partial charge in [0.1, 0.15) is 4.90 Å². The molecule has 0 fully saturated rings. The standard InChI is InChI=1S/C13H11N5O3S/c14-13-15-6-9(7-16-13)22(20,21)18-10-3-1-2-8-4-5-11(19)17-12(8)10/h1-7,18H,(H,17,19)(H2,14,15,16). The van der Waals surface area contributed by atoms with Gasteiger partial charge in [-0.3, -0.25) is 9.52 Å². The Kier molecular flexibility index (Phi) is 3.26. The first-order valence-corrected chi connectivity index (χ1v) is 7.66. The van der Waals surface area contributed by atoms with Crippen LogP contribution in [0.4, 0.5) is 11.6 Å². The third kappa shape index (κ3) is 2.61. The quantitative estimate of drug-likeness (QED) is 0.651. The van der Waals surface area contributed by atoms with Crippen molar-refractivity contribution in [1.82, 2.24) is 15.0 Å². The predicted octanol–water partition coefficient (Wildman–Crippen LogP) is 0.701. The Morgan fingerprint density at radius 2 is 1.82 bits per heavy atom. The summed E-state index contributed by atoms with van der Waals surface area (Å²) in [7, 11) is -3.89. The van der Waals surface area contributed by atoms with Crippen LogP contribution in [0.15, 0.2) is 52.4 Å². The molecule has 22 heavy (non-hydrogen) atoms. The zero-order valence-corrected chi connectivity index (χ0v) is 12.0. The van der Waals surface area contributed by atoms with E-state index in [9.17, 15) is 13.2 Å². The van der Waals surface area contributed by atoms with Crippen LogP contribution in [0, 0.1) is 0 Å². The van der Waals surface area contributed by atoms with E-state index in [1.165, 1.54) is 6.07 Å². The summed E-state index contributed by atoms with van der Waals surface area (Å²) in [5, 5.41) is 0.702. The molecule has 1 aromatic carbocycles. The van der Waals surface area contributed by atoms with Crippen LogP contribution in [0.3, 0.4) is 0 Å². The fraction of sp³-hybridized carbons (Fsp3) is 0. The first kappa shape index (κ1) is 14.0. The maximum absolute atomic E-state index is 12.3. The van der Waals surface area contributed by atoms with Crippen molar-refractivity contribution in [3.8, 4) is 0 Å². The Bertz CT molecular complexity index is 996. The second-order valence-electron chi connectivity index (χ2n) is 4.47. The molecule has 3 aromatic rings. The van der Waals surface area contributed by atoms with E-state index in [-0.39, 0.29) is 22.1 Å². The monoisotopic (exact) mass is 317 g/mol. The van der Waals surface area contributed by atoms with Crippen molar-refractivity contribution >= 4 is 32.6 Å². The van der Waals surface area contributed by atoms with E-state index < -0.39 is 10.0 Å². The molecule has 0 spiro atoms. The number of H-pyrrole nitrogens is 1. The van der Waals surface area contributed by atoms with Crippen molar-refractivity contribution in [2.45, 2.75) is 4.90 Å². The molecule has 0 amide bonds. The van der Waals surface area contributed by atoms with Gasteiger partial charge in [0, 0.05) is 11.5 Å². The van der Waals surface area contributed by atoms with Crippen LogP contribution in [0.25, 0.3) is 10.9 Å². The number of hydrogen-bond donors (Lipinski definition) is 3. The lowest BCUT2D eigenvalue weighted by molar-refractivity contribution is 0.600. The van der Waals surface area contributed by atoms with Gasteiger partial charge in [0.05, 0.1) is 23.6 Å². The third-order valence-corrected chi connectivity index (χ3v) is 4.28. The minimum atomic E-state index is -3.89. The topological polar surface area (TPSA) is 131 Å². The van der Waals surface area contributed by atoms with Crippen molar-refractivity contribution in [2.75, 3.05) is 10.5 Å². The van der Waals surface area contributed by atoms with E-state index in [0.717, 1.165) is 12.4 Å². The van der Waals surface area contributed by atoms with Crippen molar-refractivity contribution in [2.24, 2.45) is 0 Å². The lowest BCUT2D eigenvalue weighted by Gasteiger charge is -2.10. The minimum Gasteiger partial charge on any atom is -0.368 e. The van der Waals surface area contributed by atoms with Gasteiger partial charge in [0.15, 0.2) is 0 Å². The van der Waals surface area contributed by atoms with Crippen LogP contribution in [-0.4, -0.2) is 23.4 Å². The molecule has 0 aliphatic heterocycles. The number of pyridine rings is 1. The van der Waals surface area contributed by atoms with Gasteiger partial charge in [0.25, 0.3) is 10.0 Å². The van der Waals surface area contributed by atoms with E-state index in [2.05, 4.69) is 19.7 Å². The number of sulfonamides is 1. The van der Waals surface area contributed by atoms with Crippen LogP contribution in [0.1, 0.15) is 0 Å². The van der Waals surface area contributed by atoms with Crippen molar-refractivity contribution in [3.05, 3.63) is 53.1 Å². The molecule has 3 rings (SSSR count). The van der Waals surface area contributed by atoms with Crippen LogP contribution >= 0.6 is 0 Å². The van der Waals surface area contributed by atoms with Crippen LogP contribution in [-0.2, 0) is 10.0 Å². The fourth-order valence-electron chi connectivity index (χ4n) is 1.93. The number of rotatable bonds is 3. The number of para-hydroxylation sites is 1. The third-order valence-electron chi connectivity index (χ3n) is 2.96. The molecule has 9 heteroatoms. The molecule has 4 N–H and O–H groups in total. The number of anilines is 2. The zero-order valence-electron chi connectivity index (χ0n) is 11.1. The molecule has 0 bridgehead atoms. The summed E-state index contributed by atoms with van der Waals surface area (Å²) in [5.74, 6) is -0.0200. The van der Waals surface area contributed by atoms with E-state index in [1.54, 1.807) is 24.3 Å². The van der Waals surface area contributed by atoms with Gasteiger partial charge in [0.2, 0.25) is 11.5 Å². The first-order valence-electron chi connectivity index (χ1n) is 6.18. The number of nitrogens with two attached hydrogens (primary N) is 1. The molecule has 8 nitrogen and oxygen atoms in total. The van der Waals surface area contributed by atoms with E-state index in [0.29, 0.717) is 10.9 Å². The lowest BCUT2D eigenvalue weighted by Crippen LogP contribution is -2.15. The minimum absolute atomic E-state index is 0.0200. The zero-order chi connectivity index (χ0) is 15.7. The molecule has 0 radical (unpaired) electrons. The summed E-state index contributed by atoms with van der Waals surface area (Å²) in [4.78, 5) is 21.2. The van der Waals surface area contributed by atoms with Crippen LogP contribution < -0.4 is 16.0 Å². The Balaban J connectivity index is 2.07. The van der Waals surface area contributed by atoms with Crippen molar-refractivity contribution in [1.29, 1.82) is 0 Å². The molecular weight excluding hydrogens is 306 g/mol. The second kappa shape index (κ2) is 5.11. The highest BCUT2D eigenvalue weighted by Crippen LogP contribution is 2.22. The number of aromatic nitrogens is 3. The summed E-state index contributed by atoms with van der Waals surface area (Å²) in [6.45, 7) is 0. The summed E-state index contributed by atoms with van der Waals surface area (Å²) >= 11 is 0. The Morgan fingerprint density at radius 1 is 1.09 bits per heavy atom. The molecular formula is C13H11N5O3S. The smallest absolute Gasteiger partial charge is 0.265 e. The van der Waals surface area contributed by atoms with Gasteiger partial charge in [-0.2, -0.15) is 0 Å².